The molecule has 0 saturated heterocycles. The molecule has 3 amide bonds. The van der Waals surface area contributed by atoms with Crippen LogP contribution in [0.25, 0.3) is 10.9 Å². The van der Waals surface area contributed by atoms with Crippen LogP contribution in [0.2, 0.25) is 0 Å². The maximum atomic E-state index is 12.3. The van der Waals surface area contributed by atoms with Crippen LogP contribution in [-0.2, 0) is 5.41 Å². The molecule has 0 aliphatic carbocycles. The first-order valence-electron chi connectivity index (χ1n) is 10.6. The fourth-order valence-corrected chi connectivity index (χ4v) is 3.19. The second-order valence-corrected chi connectivity index (χ2v) is 8.64. The molecule has 0 fully saturated rings. The SMILES string of the molecule is COc1cc2nccc(Oc3ccc(NC(=O)Nc4cc(C(C)(C)C)on4)cn3)c2cc1C(N)=O. The number of fused-ring (bicyclic) bond motifs is 1. The van der Waals surface area contributed by atoms with Crippen LogP contribution in [0.3, 0.4) is 0 Å². The van der Waals surface area contributed by atoms with Gasteiger partial charge in [0.1, 0.15) is 17.3 Å². The van der Waals surface area contributed by atoms with Crippen molar-refractivity contribution in [1.29, 1.82) is 0 Å². The summed E-state index contributed by atoms with van der Waals surface area (Å²) in [5.74, 6) is 1.34. The number of amides is 3. The van der Waals surface area contributed by atoms with Crippen molar-refractivity contribution in [1.82, 2.24) is 15.1 Å². The molecular formula is C24H24N6O5. The zero-order chi connectivity index (χ0) is 25.2. The Balaban J connectivity index is 1.46. The predicted molar refractivity (Wildman–Crippen MR) is 129 cm³/mol. The summed E-state index contributed by atoms with van der Waals surface area (Å²) < 4.78 is 16.4. The summed E-state index contributed by atoms with van der Waals surface area (Å²) in [4.78, 5) is 32.6. The van der Waals surface area contributed by atoms with E-state index in [0.717, 1.165) is 0 Å². The lowest BCUT2D eigenvalue weighted by Gasteiger charge is -2.12. The average molecular weight is 476 g/mol. The third-order valence-corrected chi connectivity index (χ3v) is 4.99. The van der Waals surface area contributed by atoms with Crippen LogP contribution in [-0.4, -0.2) is 34.2 Å². The molecule has 11 nitrogen and oxygen atoms in total. The molecule has 3 heterocycles. The van der Waals surface area contributed by atoms with Crippen molar-refractivity contribution in [2.24, 2.45) is 5.73 Å². The van der Waals surface area contributed by atoms with E-state index < -0.39 is 11.9 Å². The maximum absolute atomic E-state index is 12.3. The van der Waals surface area contributed by atoms with Gasteiger partial charge in [0.25, 0.3) is 5.91 Å². The number of carbonyl (C=O) groups is 2. The normalized spacial score (nSPS) is 11.2. The summed E-state index contributed by atoms with van der Waals surface area (Å²) in [5.41, 5.74) is 6.45. The topological polar surface area (TPSA) is 154 Å². The van der Waals surface area contributed by atoms with Crippen LogP contribution in [0, 0.1) is 0 Å². The minimum atomic E-state index is -0.634. The summed E-state index contributed by atoms with van der Waals surface area (Å²) >= 11 is 0. The highest BCUT2D eigenvalue weighted by Gasteiger charge is 2.20. The summed E-state index contributed by atoms with van der Waals surface area (Å²) in [6.45, 7) is 5.94. The van der Waals surface area contributed by atoms with Crippen LogP contribution < -0.4 is 25.8 Å². The van der Waals surface area contributed by atoms with Gasteiger partial charge in [-0.15, -0.1) is 0 Å². The quantitative estimate of drug-likeness (QED) is 0.368. The molecule has 0 atom stereocenters. The third kappa shape index (κ3) is 5.29. The lowest BCUT2D eigenvalue weighted by Crippen LogP contribution is -2.19. The molecule has 0 spiro atoms. The average Bonchev–Trinajstić information content (AvgIpc) is 3.28. The number of ether oxygens (including phenoxy) is 2. The van der Waals surface area contributed by atoms with Crippen LogP contribution in [0.1, 0.15) is 36.9 Å². The number of hydrogen-bond donors (Lipinski definition) is 3. The highest BCUT2D eigenvalue weighted by Crippen LogP contribution is 2.33. The van der Waals surface area contributed by atoms with Gasteiger partial charge in [0.2, 0.25) is 5.88 Å². The molecule has 3 aromatic heterocycles. The van der Waals surface area contributed by atoms with E-state index in [1.807, 2.05) is 20.8 Å². The first-order chi connectivity index (χ1) is 16.6. The smallest absolute Gasteiger partial charge is 0.324 e. The Bertz CT molecular complexity index is 1390. The molecule has 1 aromatic carbocycles. The first-order valence-corrected chi connectivity index (χ1v) is 10.6. The standard InChI is InChI=1S/C24H24N6O5/c1-24(2,3)19-11-20(30-35-19)29-23(32)28-13-5-6-21(27-12-13)34-17-7-8-26-16-10-18(33-4)15(22(25)31)9-14(16)17/h5-12H,1-4H3,(H2,25,31)(H2,28,29,30,32). The predicted octanol–water partition coefficient (Wildman–Crippen LogP) is 4.46. The number of hydrogen-bond acceptors (Lipinski definition) is 8. The van der Waals surface area contributed by atoms with E-state index in [9.17, 15) is 9.59 Å². The van der Waals surface area contributed by atoms with Gasteiger partial charge in [-0.3, -0.25) is 15.1 Å². The van der Waals surface area contributed by atoms with Crippen molar-refractivity contribution < 1.29 is 23.6 Å². The molecule has 0 aliphatic rings. The van der Waals surface area contributed by atoms with Gasteiger partial charge in [0, 0.05) is 35.2 Å². The molecule has 180 valence electrons. The monoisotopic (exact) mass is 476 g/mol. The number of benzene rings is 1. The van der Waals surface area contributed by atoms with E-state index in [1.54, 1.807) is 42.6 Å². The zero-order valence-corrected chi connectivity index (χ0v) is 19.6. The van der Waals surface area contributed by atoms with Gasteiger partial charge >= 0.3 is 6.03 Å². The number of nitrogens with zero attached hydrogens (tertiary/aromatic N) is 3. The van der Waals surface area contributed by atoms with Crippen LogP contribution in [0.4, 0.5) is 16.3 Å². The molecule has 4 aromatic rings. The number of methoxy groups -OCH3 is 1. The van der Waals surface area contributed by atoms with Crippen molar-refractivity contribution in [3.05, 3.63) is 60.1 Å². The minimum Gasteiger partial charge on any atom is -0.496 e. The molecule has 0 saturated carbocycles. The van der Waals surface area contributed by atoms with Gasteiger partial charge in [-0.05, 0) is 18.2 Å². The number of anilines is 2. The molecule has 4 rings (SSSR count). The lowest BCUT2D eigenvalue weighted by atomic mass is 9.93. The van der Waals surface area contributed by atoms with Gasteiger partial charge < -0.3 is 25.0 Å². The Morgan fingerprint density at radius 3 is 2.46 bits per heavy atom. The number of nitrogens with two attached hydrogens (primary N) is 1. The highest BCUT2D eigenvalue weighted by atomic mass is 16.5. The zero-order valence-electron chi connectivity index (χ0n) is 19.6. The molecule has 0 aliphatic heterocycles. The molecule has 35 heavy (non-hydrogen) atoms. The fraction of sp³-hybridized carbons (Fsp3) is 0.208. The Kier molecular flexibility index (Phi) is 6.24. The van der Waals surface area contributed by atoms with E-state index in [4.69, 9.17) is 19.7 Å². The van der Waals surface area contributed by atoms with E-state index in [-0.39, 0.29) is 16.9 Å². The minimum absolute atomic E-state index is 0.207. The van der Waals surface area contributed by atoms with Crippen molar-refractivity contribution in [3.8, 4) is 17.4 Å². The Morgan fingerprint density at radius 2 is 1.83 bits per heavy atom. The van der Waals surface area contributed by atoms with E-state index >= 15 is 0 Å². The van der Waals surface area contributed by atoms with Gasteiger partial charge in [-0.1, -0.05) is 25.9 Å². The lowest BCUT2D eigenvalue weighted by molar-refractivity contribution is 0.0997. The van der Waals surface area contributed by atoms with E-state index in [2.05, 4.69) is 25.8 Å². The Morgan fingerprint density at radius 1 is 1.03 bits per heavy atom. The second-order valence-electron chi connectivity index (χ2n) is 8.64. The van der Waals surface area contributed by atoms with Crippen molar-refractivity contribution >= 4 is 34.3 Å². The number of pyridine rings is 2. The summed E-state index contributed by atoms with van der Waals surface area (Å²) in [7, 11) is 1.45. The molecule has 0 bridgehead atoms. The molecule has 0 unspecified atom stereocenters. The number of urea groups is 1. The number of carbonyl (C=O) groups excluding carboxylic acids is 2. The maximum Gasteiger partial charge on any atom is 0.324 e. The molecule has 4 N–H and O–H groups in total. The van der Waals surface area contributed by atoms with Crippen molar-refractivity contribution in [2.45, 2.75) is 26.2 Å². The molecule has 11 heteroatoms. The Labute approximate surface area is 200 Å². The number of aromatic nitrogens is 3. The fourth-order valence-electron chi connectivity index (χ4n) is 3.19. The van der Waals surface area contributed by atoms with E-state index in [0.29, 0.717) is 39.7 Å². The van der Waals surface area contributed by atoms with Crippen LogP contribution >= 0.6 is 0 Å². The molecule has 0 radical (unpaired) electrons. The summed E-state index contributed by atoms with van der Waals surface area (Å²) in [5, 5.41) is 9.70. The van der Waals surface area contributed by atoms with Crippen molar-refractivity contribution in [2.75, 3.05) is 17.7 Å². The number of primary amides is 1. The summed E-state index contributed by atoms with van der Waals surface area (Å²) in [6.07, 6.45) is 3.01. The largest absolute Gasteiger partial charge is 0.496 e. The van der Waals surface area contributed by atoms with Crippen molar-refractivity contribution in [3.63, 3.8) is 0 Å². The Hall–Kier alpha value is -4.67. The summed E-state index contributed by atoms with van der Waals surface area (Å²) in [6, 6.07) is 9.22. The second kappa shape index (κ2) is 9.29. The van der Waals surface area contributed by atoms with Gasteiger partial charge in [-0.25, -0.2) is 9.78 Å². The third-order valence-electron chi connectivity index (χ3n) is 4.99. The van der Waals surface area contributed by atoms with Gasteiger partial charge in [0.15, 0.2) is 5.82 Å². The van der Waals surface area contributed by atoms with Gasteiger partial charge in [-0.2, -0.15) is 0 Å². The highest BCUT2D eigenvalue weighted by molar-refractivity contribution is 6.01. The van der Waals surface area contributed by atoms with Crippen LogP contribution in [0.5, 0.6) is 17.4 Å². The van der Waals surface area contributed by atoms with E-state index in [1.165, 1.54) is 13.3 Å². The number of nitrogens with one attached hydrogen (secondary N) is 2. The number of rotatable bonds is 6. The van der Waals surface area contributed by atoms with Crippen LogP contribution in [0.15, 0.2) is 53.3 Å². The first kappa shape index (κ1) is 23.5. The van der Waals surface area contributed by atoms with Gasteiger partial charge in [0.05, 0.1) is 30.1 Å². The molecular weight excluding hydrogens is 452 g/mol.